The molecule has 0 saturated heterocycles. The standard InChI is InChI=1S/C26H27N3O4S/c1-14-10-22-23-21(16-4-3-5-19(11-16)34(32)33)12-20(15(2)24(23)29-25(22)27-13-14)26(31)28-17-6-8-18(30)9-7-17/h3-5,10-13,17-18,30,34H,6-9H2,1-2H3,(H,27,29)(H,28,31). The van der Waals surface area contributed by atoms with E-state index < -0.39 is 10.7 Å². The average molecular weight is 478 g/mol. The summed E-state index contributed by atoms with van der Waals surface area (Å²) in [7, 11) is -2.74. The molecule has 34 heavy (non-hydrogen) atoms. The lowest BCUT2D eigenvalue weighted by molar-refractivity contribution is 0.0867. The molecule has 1 fully saturated rings. The Morgan fingerprint density at radius 3 is 2.62 bits per heavy atom. The normalized spacial score (nSPS) is 18.6. The van der Waals surface area contributed by atoms with Gasteiger partial charge in [-0.05, 0) is 86.1 Å². The number of amides is 1. The Kier molecular flexibility index (Phi) is 5.87. The van der Waals surface area contributed by atoms with Crippen molar-refractivity contribution in [1.82, 2.24) is 15.3 Å². The van der Waals surface area contributed by atoms with Crippen LogP contribution in [0.4, 0.5) is 0 Å². The van der Waals surface area contributed by atoms with Crippen LogP contribution in [0.15, 0.2) is 47.5 Å². The number of hydrogen-bond acceptors (Lipinski definition) is 5. The summed E-state index contributed by atoms with van der Waals surface area (Å²) >= 11 is 0. The van der Waals surface area contributed by atoms with E-state index in [9.17, 15) is 18.3 Å². The summed E-state index contributed by atoms with van der Waals surface area (Å²) < 4.78 is 23.3. The first-order valence-electron chi connectivity index (χ1n) is 11.5. The number of hydrogen-bond donors (Lipinski definition) is 4. The van der Waals surface area contributed by atoms with E-state index in [1.165, 1.54) is 0 Å². The van der Waals surface area contributed by atoms with Gasteiger partial charge in [0.05, 0.1) is 16.5 Å². The summed E-state index contributed by atoms with van der Waals surface area (Å²) in [5, 5.41) is 14.8. The molecule has 2 aromatic carbocycles. The highest BCUT2D eigenvalue weighted by Crippen LogP contribution is 2.38. The fraction of sp³-hybridized carbons (Fsp3) is 0.308. The fourth-order valence-electron chi connectivity index (χ4n) is 4.93. The van der Waals surface area contributed by atoms with Crippen LogP contribution in [0.2, 0.25) is 0 Å². The Balaban J connectivity index is 1.70. The van der Waals surface area contributed by atoms with Gasteiger partial charge in [-0.25, -0.2) is 13.4 Å². The number of nitrogens with one attached hydrogen (secondary N) is 2. The number of aliphatic hydroxyl groups is 1. The number of rotatable bonds is 4. The Bertz CT molecular complexity index is 1490. The molecule has 1 aliphatic rings. The van der Waals surface area contributed by atoms with Gasteiger partial charge < -0.3 is 15.4 Å². The molecule has 7 nitrogen and oxygen atoms in total. The highest BCUT2D eigenvalue weighted by Gasteiger charge is 2.24. The number of thiol groups is 1. The van der Waals surface area contributed by atoms with Crippen molar-refractivity contribution in [3.05, 3.63) is 59.3 Å². The summed E-state index contributed by atoms with van der Waals surface area (Å²) in [6.45, 7) is 3.89. The number of nitrogens with zero attached hydrogens (tertiary/aromatic N) is 1. The maximum Gasteiger partial charge on any atom is 0.251 e. The van der Waals surface area contributed by atoms with Gasteiger partial charge in [0.2, 0.25) is 0 Å². The van der Waals surface area contributed by atoms with Crippen molar-refractivity contribution >= 4 is 38.5 Å². The van der Waals surface area contributed by atoms with Crippen molar-refractivity contribution in [2.24, 2.45) is 0 Å². The van der Waals surface area contributed by atoms with Crippen molar-refractivity contribution in [2.75, 3.05) is 0 Å². The third-order valence-electron chi connectivity index (χ3n) is 6.77. The van der Waals surface area contributed by atoms with Gasteiger partial charge >= 0.3 is 0 Å². The number of aromatic amines is 1. The van der Waals surface area contributed by atoms with Crippen LogP contribution in [0.1, 0.15) is 47.2 Å². The third-order valence-corrected chi connectivity index (χ3v) is 7.47. The smallest absolute Gasteiger partial charge is 0.251 e. The minimum atomic E-state index is -2.74. The van der Waals surface area contributed by atoms with Crippen LogP contribution >= 0.6 is 0 Å². The Hall–Kier alpha value is -3.23. The molecule has 176 valence electrons. The monoisotopic (exact) mass is 477 g/mol. The van der Waals surface area contributed by atoms with Gasteiger partial charge in [-0.2, -0.15) is 0 Å². The van der Waals surface area contributed by atoms with Crippen LogP contribution in [-0.4, -0.2) is 41.5 Å². The molecule has 0 radical (unpaired) electrons. The zero-order valence-corrected chi connectivity index (χ0v) is 20.0. The number of fused-ring (bicyclic) bond motifs is 3. The molecule has 8 heteroatoms. The second kappa shape index (κ2) is 8.85. The molecular formula is C26H27N3O4S. The van der Waals surface area contributed by atoms with E-state index in [1.807, 2.05) is 26.0 Å². The summed E-state index contributed by atoms with van der Waals surface area (Å²) in [6.07, 6.45) is 4.35. The Morgan fingerprint density at radius 1 is 1.12 bits per heavy atom. The molecule has 1 amide bonds. The summed E-state index contributed by atoms with van der Waals surface area (Å²) in [6, 6.07) is 10.7. The van der Waals surface area contributed by atoms with Crippen molar-refractivity contribution in [3.63, 3.8) is 0 Å². The number of pyridine rings is 1. The van der Waals surface area contributed by atoms with E-state index in [0.717, 1.165) is 57.0 Å². The number of benzene rings is 2. The van der Waals surface area contributed by atoms with Crippen molar-refractivity contribution in [3.8, 4) is 11.1 Å². The zero-order valence-electron chi connectivity index (χ0n) is 19.1. The molecular weight excluding hydrogens is 450 g/mol. The first-order chi connectivity index (χ1) is 16.3. The average Bonchev–Trinajstić information content (AvgIpc) is 3.20. The van der Waals surface area contributed by atoms with E-state index in [1.54, 1.807) is 24.4 Å². The van der Waals surface area contributed by atoms with Crippen molar-refractivity contribution < 1.29 is 18.3 Å². The molecule has 0 atom stereocenters. The van der Waals surface area contributed by atoms with Crippen LogP contribution in [0.3, 0.4) is 0 Å². The molecule has 1 saturated carbocycles. The van der Waals surface area contributed by atoms with Gasteiger partial charge in [-0.3, -0.25) is 4.79 Å². The van der Waals surface area contributed by atoms with Crippen LogP contribution < -0.4 is 5.32 Å². The number of carbonyl (C=O) groups is 1. The number of H-pyrrole nitrogens is 1. The predicted octanol–water partition coefficient (Wildman–Crippen LogP) is 4.00. The topological polar surface area (TPSA) is 112 Å². The lowest BCUT2D eigenvalue weighted by atomic mass is 9.91. The number of aromatic nitrogens is 2. The Labute approximate surface area is 199 Å². The third kappa shape index (κ3) is 4.08. The minimum absolute atomic E-state index is 0.0225. The van der Waals surface area contributed by atoms with Gasteiger partial charge in [-0.1, -0.05) is 12.1 Å². The van der Waals surface area contributed by atoms with Gasteiger partial charge in [0.25, 0.3) is 5.91 Å². The lowest BCUT2D eigenvalue weighted by Gasteiger charge is -2.26. The first-order valence-corrected chi connectivity index (χ1v) is 12.6. The second-order valence-corrected chi connectivity index (χ2v) is 10.2. The Morgan fingerprint density at radius 2 is 1.88 bits per heavy atom. The van der Waals surface area contributed by atoms with Crippen LogP contribution in [-0.2, 0) is 10.7 Å². The fourth-order valence-corrected chi connectivity index (χ4v) is 5.38. The molecule has 1 aliphatic carbocycles. The van der Waals surface area contributed by atoms with Gasteiger partial charge in [0, 0.05) is 28.6 Å². The van der Waals surface area contributed by atoms with E-state index in [4.69, 9.17) is 0 Å². The number of aliphatic hydroxyl groups excluding tert-OH is 1. The molecule has 0 spiro atoms. The summed E-state index contributed by atoms with van der Waals surface area (Å²) in [4.78, 5) is 21.5. The van der Waals surface area contributed by atoms with Crippen molar-refractivity contribution in [2.45, 2.75) is 56.6 Å². The van der Waals surface area contributed by atoms with Crippen LogP contribution in [0.25, 0.3) is 33.1 Å². The van der Waals surface area contributed by atoms with E-state index >= 15 is 0 Å². The van der Waals surface area contributed by atoms with Crippen LogP contribution in [0.5, 0.6) is 0 Å². The molecule has 2 heterocycles. The lowest BCUT2D eigenvalue weighted by Crippen LogP contribution is -2.38. The maximum atomic E-state index is 13.4. The molecule has 3 N–H and O–H groups in total. The molecule has 0 aliphatic heterocycles. The largest absolute Gasteiger partial charge is 0.393 e. The zero-order chi connectivity index (χ0) is 24.0. The predicted molar refractivity (Wildman–Crippen MR) is 133 cm³/mol. The SMILES string of the molecule is Cc1cnc2[nH]c3c(C)c(C(=O)NC4CCC(O)CC4)cc(-c4cccc([SH](=O)=O)c4)c3c2c1. The van der Waals surface area contributed by atoms with Gasteiger partial charge in [-0.15, -0.1) is 0 Å². The van der Waals surface area contributed by atoms with E-state index in [0.29, 0.717) is 18.4 Å². The highest BCUT2D eigenvalue weighted by molar-refractivity contribution is 7.72. The van der Waals surface area contributed by atoms with E-state index in [2.05, 4.69) is 21.4 Å². The molecule has 0 bridgehead atoms. The maximum absolute atomic E-state index is 13.4. The van der Waals surface area contributed by atoms with Gasteiger partial charge in [0.1, 0.15) is 5.65 Å². The molecule has 5 rings (SSSR count). The van der Waals surface area contributed by atoms with Gasteiger partial charge in [0.15, 0.2) is 10.7 Å². The quantitative estimate of drug-likeness (QED) is 0.332. The summed E-state index contributed by atoms with van der Waals surface area (Å²) in [5.41, 5.74) is 5.39. The number of aryl methyl sites for hydroxylation is 2. The van der Waals surface area contributed by atoms with E-state index in [-0.39, 0.29) is 22.9 Å². The summed E-state index contributed by atoms with van der Waals surface area (Å²) in [5.74, 6) is -0.170. The molecule has 4 aromatic rings. The highest BCUT2D eigenvalue weighted by atomic mass is 32.2. The molecule has 0 unspecified atom stereocenters. The van der Waals surface area contributed by atoms with Crippen LogP contribution in [0, 0.1) is 13.8 Å². The van der Waals surface area contributed by atoms with Crippen molar-refractivity contribution in [1.29, 1.82) is 0 Å². The number of carbonyl (C=O) groups excluding carboxylic acids is 1. The minimum Gasteiger partial charge on any atom is -0.393 e. The molecule has 2 aromatic heterocycles. The first kappa shape index (κ1) is 22.6. The second-order valence-electron chi connectivity index (χ2n) is 9.17.